The fourth-order valence-electron chi connectivity index (χ4n) is 2.71. The van der Waals surface area contributed by atoms with E-state index in [2.05, 4.69) is 10.3 Å². The number of amides is 1. The maximum Gasteiger partial charge on any atom is 0.261 e. The Balaban J connectivity index is 2.05. The van der Waals surface area contributed by atoms with Gasteiger partial charge in [-0.2, -0.15) is 0 Å². The lowest BCUT2D eigenvalue weighted by molar-refractivity contribution is -0.123. The molecule has 1 amide bonds. The van der Waals surface area contributed by atoms with Crippen LogP contribution in [0.1, 0.15) is 32.2 Å². The molecule has 6 heteroatoms. The summed E-state index contributed by atoms with van der Waals surface area (Å²) in [6.07, 6.45) is 0. The van der Waals surface area contributed by atoms with E-state index in [0.717, 1.165) is 5.56 Å². The van der Waals surface area contributed by atoms with Gasteiger partial charge in [0.1, 0.15) is 5.82 Å². The van der Waals surface area contributed by atoms with Gasteiger partial charge in [0.15, 0.2) is 0 Å². The van der Waals surface area contributed by atoms with Gasteiger partial charge in [-0.25, -0.2) is 4.98 Å². The Morgan fingerprint density at radius 3 is 2.56 bits per heavy atom. The van der Waals surface area contributed by atoms with Crippen LogP contribution in [-0.2, 0) is 11.3 Å². The number of hydrogen-bond donors (Lipinski definition) is 1. The van der Waals surface area contributed by atoms with Gasteiger partial charge in [-0.15, -0.1) is 0 Å². The van der Waals surface area contributed by atoms with E-state index in [1.807, 2.05) is 39.0 Å². The van der Waals surface area contributed by atoms with Crippen molar-refractivity contribution in [1.29, 1.82) is 0 Å². The van der Waals surface area contributed by atoms with E-state index in [0.29, 0.717) is 34.0 Å². The maximum atomic E-state index is 13.1. The second-order valence-electron chi connectivity index (χ2n) is 7.58. The molecular formula is C21H22ClN3O2. The van der Waals surface area contributed by atoms with Crippen LogP contribution in [0.5, 0.6) is 0 Å². The van der Waals surface area contributed by atoms with Crippen LogP contribution in [0.15, 0.2) is 47.3 Å². The molecule has 0 aliphatic carbocycles. The summed E-state index contributed by atoms with van der Waals surface area (Å²) in [5, 5.41) is 3.92. The monoisotopic (exact) mass is 383 g/mol. The molecule has 0 aliphatic heterocycles. The van der Waals surface area contributed by atoms with E-state index >= 15 is 0 Å². The molecule has 0 atom stereocenters. The fourth-order valence-corrected chi connectivity index (χ4v) is 2.91. The third-order valence-electron chi connectivity index (χ3n) is 4.37. The summed E-state index contributed by atoms with van der Waals surface area (Å²) in [5.41, 5.74) is 1.34. The van der Waals surface area contributed by atoms with Gasteiger partial charge in [-0.1, -0.05) is 50.6 Å². The number of hydrogen-bond acceptors (Lipinski definition) is 3. The van der Waals surface area contributed by atoms with Crippen molar-refractivity contribution in [3.63, 3.8) is 0 Å². The summed E-state index contributed by atoms with van der Waals surface area (Å²) in [6, 6.07) is 12.6. The van der Waals surface area contributed by atoms with Crippen molar-refractivity contribution in [2.24, 2.45) is 5.41 Å². The zero-order chi connectivity index (χ0) is 19.8. The van der Waals surface area contributed by atoms with E-state index in [-0.39, 0.29) is 11.5 Å². The second-order valence-corrected chi connectivity index (χ2v) is 7.98. The predicted octanol–water partition coefficient (Wildman–Crippen LogP) is 4.39. The summed E-state index contributed by atoms with van der Waals surface area (Å²) in [5.74, 6) is 0.497. The molecule has 5 nitrogen and oxygen atoms in total. The lowest BCUT2D eigenvalue weighted by Crippen LogP contribution is -2.28. The van der Waals surface area contributed by atoms with Crippen molar-refractivity contribution in [3.8, 4) is 0 Å². The normalized spacial score (nSPS) is 11.6. The number of benzene rings is 2. The average molecular weight is 384 g/mol. The van der Waals surface area contributed by atoms with Crippen LogP contribution in [0.4, 0.5) is 5.69 Å². The molecule has 0 fully saturated rings. The first-order valence-corrected chi connectivity index (χ1v) is 9.10. The number of anilines is 1. The standard InChI is InChI=1S/C21H22ClN3O2/c1-13-23-18-10-9-15(24-20(27)21(2,3)4)11-16(18)19(26)25(13)12-14-7-5-6-8-17(14)22/h5-11H,12H2,1-4H3,(H,24,27). The number of aryl methyl sites for hydroxylation is 1. The molecule has 140 valence electrons. The molecular weight excluding hydrogens is 362 g/mol. The fraction of sp³-hybridized carbons (Fsp3) is 0.286. The SMILES string of the molecule is Cc1nc2ccc(NC(=O)C(C)(C)C)cc2c(=O)n1Cc1ccccc1Cl. The maximum absolute atomic E-state index is 13.1. The Kier molecular flexibility index (Phi) is 5.07. The molecule has 0 aliphatic rings. The molecule has 1 aromatic heterocycles. The van der Waals surface area contributed by atoms with Crippen LogP contribution in [0.3, 0.4) is 0 Å². The van der Waals surface area contributed by atoms with E-state index in [4.69, 9.17) is 11.6 Å². The molecule has 2 aromatic carbocycles. The minimum absolute atomic E-state index is 0.113. The van der Waals surface area contributed by atoms with Gasteiger partial charge in [0.25, 0.3) is 5.56 Å². The minimum Gasteiger partial charge on any atom is -0.326 e. The van der Waals surface area contributed by atoms with E-state index in [1.54, 1.807) is 35.8 Å². The quantitative estimate of drug-likeness (QED) is 0.729. The minimum atomic E-state index is -0.523. The van der Waals surface area contributed by atoms with Gasteiger partial charge in [-0.3, -0.25) is 14.2 Å². The summed E-state index contributed by atoms with van der Waals surface area (Å²) < 4.78 is 1.60. The smallest absolute Gasteiger partial charge is 0.261 e. The molecule has 0 bridgehead atoms. The summed E-state index contributed by atoms with van der Waals surface area (Å²) in [7, 11) is 0. The zero-order valence-electron chi connectivity index (χ0n) is 15.8. The first-order valence-electron chi connectivity index (χ1n) is 8.73. The number of nitrogens with one attached hydrogen (secondary N) is 1. The molecule has 1 N–H and O–H groups in total. The third kappa shape index (κ3) is 4.03. The highest BCUT2D eigenvalue weighted by Gasteiger charge is 2.21. The van der Waals surface area contributed by atoms with Crippen LogP contribution in [0, 0.1) is 12.3 Å². The first-order chi connectivity index (χ1) is 12.7. The Labute approximate surface area is 163 Å². The Bertz CT molecular complexity index is 1080. The van der Waals surface area contributed by atoms with E-state index < -0.39 is 5.41 Å². The van der Waals surface area contributed by atoms with Gasteiger partial charge >= 0.3 is 0 Å². The number of rotatable bonds is 3. The lowest BCUT2D eigenvalue weighted by Gasteiger charge is -2.18. The second kappa shape index (κ2) is 7.16. The number of nitrogens with zero attached hydrogens (tertiary/aromatic N) is 2. The molecule has 0 unspecified atom stereocenters. The average Bonchev–Trinajstić information content (AvgIpc) is 2.60. The van der Waals surface area contributed by atoms with Crippen LogP contribution < -0.4 is 10.9 Å². The van der Waals surface area contributed by atoms with Crippen LogP contribution >= 0.6 is 11.6 Å². The summed E-state index contributed by atoms with van der Waals surface area (Å²) >= 11 is 6.24. The van der Waals surface area contributed by atoms with Crippen molar-refractivity contribution in [1.82, 2.24) is 9.55 Å². The van der Waals surface area contributed by atoms with E-state index in [1.165, 1.54) is 0 Å². The van der Waals surface area contributed by atoms with Gasteiger partial charge in [0, 0.05) is 16.1 Å². The molecule has 1 heterocycles. The molecule has 0 saturated heterocycles. The topological polar surface area (TPSA) is 64.0 Å². The summed E-state index contributed by atoms with van der Waals surface area (Å²) in [6.45, 7) is 7.65. The van der Waals surface area contributed by atoms with Gasteiger partial charge in [0.05, 0.1) is 17.4 Å². The summed E-state index contributed by atoms with van der Waals surface area (Å²) in [4.78, 5) is 29.8. The van der Waals surface area contributed by atoms with Gasteiger partial charge < -0.3 is 5.32 Å². The number of aromatic nitrogens is 2. The molecule has 3 rings (SSSR count). The van der Waals surface area contributed by atoms with Crippen molar-refractivity contribution in [3.05, 3.63) is 69.2 Å². The highest BCUT2D eigenvalue weighted by atomic mass is 35.5. The van der Waals surface area contributed by atoms with E-state index in [9.17, 15) is 9.59 Å². The van der Waals surface area contributed by atoms with Crippen molar-refractivity contribution in [2.45, 2.75) is 34.2 Å². The Hall–Kier alpha value is -2.66. The molecule has 0 radical (unpaired) electrons. The first kappa shape index (κ1) is 19.1. The van der Waals surface area contributed by atoms with Crippen molar-refractivity contribution < 1.29 is 4.79 Å². The highest BCUT2D eigenvalue weighted by molar-refractivity contribution is 6.31. The number of carbonyl (C=O) groups excluding carboxylic acids is 1. The molecule has 0 spiro atoms. The number of fused-ring (bicyclic) bond motifs is 1. The van der Waals surface area contributed by atoms with Gasteiger partial charge in [-0.05, 0) is 36.8 Å². The van der Waals surface area contributed by atoms with Crippen LogP contribution in [0.2, 0.25) is 5.02 Å². The predicted molar refractivity (Wildman–Crippen MR) is 109 cm³/mol. The third-order valence-corrected chi connectivity index (χ3v) is 4.74. The zero-order valence-corrected chi connectivity index (χ0v) is 16.6. The van der Waals surface area contributed by atoms with Crippen molar-refractivity contribution >= 4 is 34.1 Å². The lowest BCUT2D eigenvalue weighted by atomic mass is 9.95. The number of halogens is 1. The molecule has 0 saturated carbocycles. The Morgan fingerprint density at radius 2 is 1.89 bits per heavy atom. The van der Waals surface area contributed by atoms with Gasteiger partial charge in [0.2, 0.25) is 5.91 Å². The Morgan fingerprint density at radius 1 is 1.19 bits per heavy atom. The molecule has 3 aromatic rings. The molecule has 27 heavy (non-hydrogen) atoms. The van der Waals surface area contributed by atoms with Crippen molar-refractivity contribution in [2.75, 3.05) is 5.32 Å². The van der Waals surface area contributed by atoms with Crippen LogP contribution in [0.25, 0.3) is 10.9 Å². The largest absolute Gasteiger partial charge is 0.326 e. The number of carbonyl (C=O) groups is 1. The highest BCUT2D eigenvalue weighted by Crippen LogP contribution is 2.21. The van der Waals surface area contributed by atoms with Crippen LogP contribution in [-0.4, -0.2) is 15.5 Å².